The number of aliphatic hydroxyl groups is 3. The number of carboxylic acids is 2. The molecule has 9 atom stereocenters. The zero-order valence-corrected chi connectivity index (χ0v) is 21.3. The van der Waals surface area contributed by atoms with Crippen molar-refractivity contribution in [1.82, 2.24) is 10.6 Å². The summed E-state index contributed by atoms with van der Waals surface area (Å²) in [5, 5.41) is 62.8. The topological polar surface area (TPSA) is 258 Å². The molecule has 2 amide bonds. The van der Waals surface area contributed by atoms with E-state index in [0.717, 1.165) is 0 Å². The van der Waals surface area contributed by atoms with Gasteiger partial charge < -0.3 is 56.5 Å². The average molecular weight is 558 g/mol. The van der Waals surface area contributed by atoms with Crippen LogP contribution in [0.3, 0.4) is 0 Å². The molecule has 1 heterocycles. The fourth-order valence-corrected chi connectivity index (χ4v) is 3.80. The van der Waals surface area contributed by atoms with Crippen molar-refractivity contribution in [2.45, 2.75) is 88.0 Å². The van der Waals surface area contributed by atoms with Gasteiger partial charge in [-0.2, -0.15) is 0 Å². The zero-order valence-electron chi connectivity index (χ0n) is 21.3. The van der Waals surface area contributed by atoms with Gasteiger partial charge in [0.05, 0.1) is 12.2 Å². The first-order valence-corrected chi connectivity index (χ1v) is 12.1. The molecule has 10 N–H and O–H groups in total. The molecule has 0 unspecified atom stereocenters. The van der Waals surface area contributed by atoms with E-state index < -0.39 is 78.7 Å². The van der Waals surface area contributed by atoms with E-state index in [2.05, 4.69) is 10.6 Å². The maximum atomic E-state index is 13.2. The number of hydrogen-bond acceptors (Lipinski definition) is 11. The second kappa shape index (κ2) is 14.2. The maximum absolute atomic E-state index is 13.2. The van der Waals surface area contributed by atoms with Gasteiger partial charge in [0.15, 0.2) is 12.3 Å². The van der Waals surface area contributed by atoms with Gasteiger partial charge in [-0.25, -0.2) is 4.79 Å². The van der Waals surface area contributed by atoms with Crippen molar-refractivity contribution in [2.24, 2.45) is 5.73 Å². The van der Waals surface area contributed by atoms with Crippen molar-refractivity contribution in [3.05, 3.63) is 29.8 Å². The van der Waals surface area contributed by atoms with Gasteiger partial charge in [0.25, 0.3) is 0 Å². The normalized spacial score (nSPS) is 26.1. The van der Waals surface area contributed by atoms with Crippen LogP contribution in [0.5, 0.6) is 5.75 Å². The molecule has 0 spiro atoms. The third-order valence-corrected chi connectivity index (χ3v) is 6.22. The van der Waals surface area contributed by atoms with Gasteiger partial charge >= 0.3 is 11.9 Å². The molecule has 0 aromatic heterocycles. The number of aliphatic carboxylic acids is 2. The Morgan fingerprint density at radius 1 is 1.00 bits per heavy atom. The highest BCUT2D eigenvalue weighted by atomic mass is 16.7. The molecule has 0 saturated carbocycles. The number of hydrogen-bond donors (Lipinski definition) is 9. The Hall–Kier alpha value is -3.34. The van der Waals surface area contributed by atoms with Crippen LogP contribution in [0.4, 0.5) is 0 Å². The summed E-state index contributed by atoms with van der Waals surface area (Å²) in [6.07, 6.45) is -9.16. The first-order chi connectivity index (χ1) is 18.2. The summed E-state index contributed by atoms with van der Waals surface area (Å²) in [5.74, 6) is -4.49. The molecule has 1 fully saturated rings. The lowest BCUT2D eigenvalue weighted by atomic mass is 10.00. The van der Waals surface area contributed by atoms with Crippen LogP contribution in [0.25, 0.3) is 0 Å². The van der Waals surface area contributed by atoms with Crippen LogP contribution < -0.4 is 16.4 Å². The number of aromatic hydroxyl groups is 1. The molecule has 1 aromatic rings. The number of carbonyl (C=O) groups is 4. The van der Waals surface area contributed by atoms with Gasteiger partial charge in [-0.3, -0.25) is 14.4 Å². The molecule has 218 valence electrons. The van der Waals surface area contributed by atoms with E-state index in [9.17, 15) is 44.7 Å². The molecule has 39 heavy (non-hydrogen) atoms. The Balaban J connectivity index is 2.16. The van der Waals surface area contributed by atoms with Crippen LogP contribution in [0, 0.1) is 0 Å². The van der Waals surface area contributed by atoms with E-state index in [1.165, 1.54) is 38.1 Å². The van der Waals surface area contributed by atoms with E-state index in [1.54, 1.807) is 0 Å². The summed E-state index contributed by atoms with van der Waals surface area (Å²) in [6, 6.07) is 1.38. The maximum Gasteiger partial charge on any atom is 0.328 e. The number of carboxylic acid groups (broad SMARTS) is 2. The lowest BCUT2D eigenvalue weighted by Crippen LogP contribution is -2.60. The second-order valence-corrected chi connectivity index (χ2v) is 9.32. The minimum Gasteiger partial charge on any atom is -0.508 e. The second-order valence-electron chi connectivity index (χ2n) is 9.32. The number of nitrogens with two attached hydrogens (primary N) is 1. The molecule has 15 nitrogen and oxygen atoms in total. The van der Waals surface area contributed by atoms with Crippen molar-refractivity contribution in [2.75, 3.05) is 0 Å². The lowest BCUT2D eigenvalue weighted by Gasteiger charge is -2.40. The molecule has 1 aliphatic heterocycles. The molecular weight excluding hydrogens is 522 g/mol. The summed E-state index contributed by atoms with van der Waals surface area (Å²) in [6.45, 7) is 2.69. The largest absolute Gasteiger partial charge is 0.508 e. The fourth-order valence-electron chi connectivity index (χ4n) is 3.80. The van der Waals surface area contributed by atoms with Gasteiger partial charge in [0.1, 0.15) is 36.1 Å². The Kier molecular flexibility index (Phi) is 11.6. The van der Waals surface area contributed by atoms with Crippen LogP contribution in [0.15, 0.2) is 24.3 Å². The molecule has 15 heteroatoms. The zero-order chi connectivity index (χ0) is 29.4. The smallest absolute Gasteiger partial charge is 0.328 e. The van der Waals surface area contributed by atoms with Crippen LogP contribution >= 0.6 is 0 Å². The third kappa shape index (κ3) is 9.12. The van der Waals surface area contributed by atoms with Gasteiger partial charge in [-0.1, -0.05) is 12.1 Å². The van der Waals surface area contributed by atoms with Gasteiger partial charge in [0, 0.05) is 12.8 Å². The van der Waals surface area contributed by atoms with Gasteiger partial charge in [0.2, 0.25) is 11.8 Å². The summed E-state index contributed by atoms with van der Waals surface area (Å²) in [5.41, 5.74) is 5.92. The van der Waals surface area contributed by atoms with Crippen LogP contribution in [0.1, 0.15) is 32.3 Å². The molecule has 1 aliphatic rings. The lowest BCUT2D eigenvalue weighted by molar-refractivity contribution is -0.304. The third-order valence-electron chi connectivity index (χ3n) is 6.22. The highest BCUT2D eigenvalue weighted by molar-refractivity contribution is 5.91. The average Bonchev–Trinajstić information content (AvgIpc) is 2.87. The molecular formula is C24H35N3O12. The van der Waals surface area contributed by atoms with Crippen LogP contribution in [-0.4, -0.2) is 109 Å². The number of aliphatic hydroxyl groups excluding tert-OH is 3. The number of benzene rings is 1. The van der Waals surface area contributed by atoms with Gasteiger partial charge in [-0.15, -0.1) is 0 Å². The Bertz CT molecular complexity index is 1010. The first kappa shape index (κ1) is 31.9. The first-order valence-electron chi connectivity index (χ1n) is 12.1. The standard InChI is InChI=1S/C24H35N3O12/c1-10(38-24-20(32)19(31)18(30)11(2)39-24)17(23(36)37)27-21(33)15(9-12-3-5-13(28)6-4-12)26-16(29)8-7-14(25)22(34)35/h3-6,10-11,14-15,17-20,24,28,30-32H,7-9,25H2,1-2H3,(H,26,29)(H,27,33)(H,34,35)(H,36,37)/t10-,11+,14+,15+,17+,18-,19-,20+,24-/m1/s1. The van der Waals surface area contributed by atoms with E-state index in [1.807, 2.05) is 0 Å². The summed E-state index contributed by atoms with van der Waals surface area (Å²) in [4.78, 5) is 48.5. The van der Waals surface area contributed by atoms with Crippen molar-refractivity contribution in [3.63, 3.8) is 0 Å². The fraction of sp³-hybridized carbons (Fsp3) is 0.583. The predicted molar refractivity (Wildman–Crippen MR) is 131 cm³/mol. The minimum absolute atomic E-state index is 0.0394. The number of rotatable bonds is 13. The van der Waals surface area contributed by atoms with Gasteiger partial charge in [-0.05, 0) is 38.0 Å². The number of carbonyl (C=O) groups excluding carboxylic acids is 2. The number of phenolic OH excluding ortho intramolecular Hbond substituents is 1. The monoisotopic (exact) mass is 557 g/mol. The highest BCUT2D eigenvalue weighted by Gasteiger charge is 2.44. The van der Waals surface area contributed by atoms with E-state index in [-0.39, 0.29) is 25.0 Å². The van der Waals surface area contributed by atoms with Crippen LogP contribution in [-0.2, 0) is 35.1 Å². The number of ether oxygens (including phenoxy) is 2. The molecule has 0 aliphatic carbocycles. The van der Waals surface area contributed by atoms with Crippen molar-refractivity contribution >= 4 is 23.8 Å². The SMILES string of the molecule is C[C@@H]1O[C@@H](O[C@H](C)[C@H](NC(=O)[C@H](Cc2ccc(O)cc2)NC(=O)CC[C@H](N)C(=O)O)C(=O)O)[C@@H](O)[C@H](O)[C@@H]1O. The van der Waals surface area contributed by atoms with Crippen molar-refractivity contribution in [3.8, 4) is 5.75 Å². The van der Waals surface area contributed by atoms with E-state index in [4.69, 9.17) is 20.3 Å². The minimum atomic E-state index is -1.71. The molecule has 1 aromatic carbocycles. The number of phenols is 1. The molecule has 0 radical (unpaired) electrons. The van der Waals surface area contributed by atoms with Crippen LogP contribution in [0.2, 0.25) is 0 Å². The van der Waals surface area contributed by atoms with Crippen molar-refractivity contribution < 1.29 is 59.3 Å². The summed E-state index contributed by atoms with van der Waals surface area (Å²) in [7, 11) is 0. The quantitative estimate of drug-likeness (QED) is 0.121. The Labute approximate surface area is 223 Å². The summed E-state index contributed by atoms with van der Waals surface area (Å²) < 4.78 is 10.8. The molecule has 0 bridgehead atoms. The Morgan fingerprint density at radius 2 is 1.62 bits per heavy atom. The number of nitrogens with one attached hydrogen (secondary N) is 2. The Morgan fingerprint density at radius 3 is 2.18 bits per heavy atom. The predicted octanol–water partition coefficient (Wildman–Crippen LogP) is -2.59. The molecule has 2 rings (SSSR count). The summed E-state index contributed by atoms with van der Waals surface area (Å²) >= 11 is 0. The van der Waals surface area contributed by atoms with E-state index in [0.29, 0.717) is 5.56 Å². The van der Waals surface area contributed by atoms with Crippen molar-refractivity contribution in [1.29, 1.82) is 0 Å². The highest BCUT2D eigenvalue weighted by Crippen LogP contribution is 2.23. The number of amides is 2. The molecule has 1 saturated heterocycles. The van der Waals surface area contributed by atoms with E-state index >= 15 is 0 Å².